The van der Waals surface area contributed by atoms with E-state index in [2.05, 4.69) is 15.6 Å². The van der Waals surface area contributed by atoms with Crippen molar-refractivity contribution in [1.29, 1.82) is 0 Å². The molecular weight excluding hydrogens is 342 g/mol. The number of hydrogen-bond donors (Lipinski definition) is 3. The maximum atomic E-state index is 12.6. The van der Waals surface area contributed by atoms with Crippen molar-refractivity contribution in [3.05, 3.63) is 30.5 Å². The molecule has 0 bridgehead atoms. The standard InChI is InChI=1S/C21H29N3O3/c1-21(2,3)27-20(26)23-13-14-4-6-15(7-5-14)19(25)24-17-8-9-18-16(12-17)10-11-22-18/h8-12,14-15,22H,4-7,13H2,1-3H3,(H,23,26)(H,24,25). The van der Waals surface area contributed by atoms with E-state index in [0.29, 0.717) is 12.5 Å². The second kappa shape index (κ2) is 8.03. The summed E-state index contributed by atoms with van der Waals surface area (Å²) in [6.07, 6.45) is 5.08. The lowest BCUT2D eigenvalue weighted by Crippen LogP contribution is -2.37. The fraction of sp³-hybridized carbons (Fsp3) is 0.524. The molecule has 1 aliphatic rings. The van der Waals surface area contributed by atoms with Crippen LogP contribution in [0.5, 0.6) is 0 Å². The molecule has 2 amide bonds. The van der Waals surface area contributed by atoms with Crippen LogP contribution in [0.4, 0.5) is 10.5 Å². The maximum Gasteiger partial charge on any atom is 0.407 e. The summed E-state index contributed by atoms with van der Waals surface area (Å²) in [6.45, 7) is 6.16. The highest BCUT2D eigenvalue weighted by molar-refractivity contribution is 5.95. The van der Waals surface area contributed by atoms with Gasteiger partial charge in [-0.25, -0.2) is 4.79 Å². The summed E-state index contributed by atoms with van der Waals surface area (Å²) >= 11 is 0. The molecule has 3 N–H and O–H groups in total. The summed E-state index contributed by atoms with van der Waals surface area (Å²) < 4.78 is 5.26. The van der Waals surface area contributed by atoms with Crippen molar-refractivity contribution >= 4 is 28.6 Å². The zero-order valence-electron chi connectivity index (χ0n) is 16.3. The van der Waals surface area contributed by atoms with Crippen molar-refractivity contribution in [2.24, 2.45) is 11.8 Å². The Morgan fingerprint density at radius 1 is 1.15 bits per heavy atom. The van der Waals surface area contributed by atoms with Gasteiger partial charge in [0.15, 0.2) is 0 Å². The van der Waals surface area contributed by atoms with Gasteiger partial charge in [0, 0.05) is 35.2 Å². The van der Waals surface area contributed by atoms with Crippen molar-refractivity contribution in [3.63, 3.8) is 0 Å². The van der Waals surface area contributed by atoms with Gasteiger partial charge in [-0.15, -0.1) is 0 Å². The number of aromatic nitrogens is 1. The van der Waals surface area contributed by atoms with Gasteiger partial charge in [-0.2, -0.15) is 0 Å². The minimum absolute atomic E-state index is 0.0321. The fourth-order valence-corrected chi connectivity index (χ4v) is 3.55. The molecule has 0 spiro atoms. The number of rotatable bonds is 4. The first-order valence-electron chi connectivity index (χ1n) is 9.65. The summed E-state index contributed by atoms with van der Waals surface area (Å²) in [4.78, 5) is 27.5. The summed E-state index contributed by atoms with van der Waals surface area (Å²) in [5.74, 6) is 0.519. The van der Waals surface area contributed by atoms with Gasteiger partial charge < -0.3 is 20.4 Å². The Morgan fingerprint density at radius 3 is 2.59 bits per heavy atom. The number of aromatic amines is 1. The molecule has 1 saturated carbocycles. The molecule has 2 aromatic rings. The summed E-state index contributed by atoms with van der Waals surface area (Å²) in [7, 11) is 0. The van der Waals surface area contributed by atoms with Crippen molar-refractivity contribution in [1.82, 2.24) is 10.3 Å². The van der Waals surface area contributed by atoms with Crippen LogP contribution in [0.3, 0.4) is 0 Å². The molecule has 3 rings (SSSR count). The zero-order chi connectivity index (χ0) is 19.4. The lowest BCUT2D eigenvalue weighted by atomic mass is 9.81. The van der Waals surface area contributed by atoms with E-state index in [0.717, 1.165) is 42.3 Å². The molecule has 27 heavy (non-hydrogen) atoms. The number of anilines is 1. The highest BCUT2D eigenvalue weighted by Crippen LogP contribution is 2.29. The van der Waals surface area contributed by atoms with E-state index in [1.54, 1.807) is 0 Å². The Hall–Kier alpha value is -2.50. The molecule has 0 unspecified atom stereocenters. The first kappa shape index (κ1) is 19.3. The predicted octanol–water partition coefficient (Wildman–Crippen LogP) is 4.44. The number of hydrogen-bond acceptors (Lipinski definition) is 3. The van der Waals surface area contributed by atoms with Crippen LogP contribution in [0, 0.1) is 11.8 Å². The number of benzene rings is 1. The van der Waals surface area contributed by atoms with E-state index in [1.807, 2.05) is 51.2 Å². The molecule has 0 radical (unpaired) electrons. The zero-order valence-corrected chi connectivity index (χ0v) is 16.3. The van der Waals surface area contributed by atoms with E-state index < -0.39 is 5.60 Å². The topological polar surface area (TPSA) is 83.2 Å². The summed E-state index contributed by atoms with van der Waals surface area (Å²) in [5, 5.41) is 6.97. The fourth-order valence-electron chi connectivity index (χ4n) is 3.55. The van der Waals surface area contributed by atoms with Crippen molar-refractivity contribution in [3.8, 4) is 0 Å². The third kappa shape index (κ3) is 5.49. The molecular formula is C21H29N3O3. The molecule has 0 aliphatic heterocycles. The number of carbonyl (C=O) groups is 2. The van der Waals surface area contributed by atoms with Gasteiger partial charge in [0.1, 0.15) is 5.60 Å². The first-order valence-corrected chi connectivity index (χ1v) is 9.65. The van der Waals surface area contributed by atoms with Gasteiger partial charge in [-0.05, 0) is 76.6 Å². The number of amides is 2. The van der Waals surface area contributed by atoms with Gasteiger partial charge in [-0.3, -0.25) is 4.79 Å². The maximum absolute atomic E-state index is 12.6. The van der Waals surface area contributed by atoms with Crippen LogP contribution < -0.4 is 10.6 Å². The van der Waals surface area contributed by atoms with Gasteiger partial charge in [0.2, 0.25) is 5.91 Å². The lowest BCUT2D eigenvalue weighted by Gasteiger charge is -2.28. The van der Waals surface area contributed by atoms with E-state index in [-0.39, 0.29) is 17.9 Å². The highest BCUT2D eigenvalue weighted by Gasteiger charge is 2.27. The molecule has 0 saturated heterocycles. The van der Waals surface area contributed by atoms with E-state index in [9.17, 15) is 9.59 Å². The molecule has 6 heteroatoms. The van der Waals surface area contributed by atoms with Crippen molar-refractivity contribution in [2.45, 2.75) is 52.1 Å². The van der Waals surface area contributed by atoms with Crippen LogP contribution in [0.2, 0.25) is 0 Å². The second-order valence-electron chi connectivity index (χ2n) is 8.37. The van der Waals surface area contributed by atoms with Crippen LogP contribution in [-0.2, 0) is 9.53 Å². The number of carbonyl (C=O) groups excluding carboxylic acids is 2. The van der Waals surface area contributed by atoms with Crippen LogP contribution in [0.25, 0.3) is 10.9 Å². The minimum atomic E-state index is -0.483. The average molecular weight is 371 g/mol. The number of alkyl carbamates (subject to hydrolysis) is 1. The van der Waals surface area contributed by atoms with E-state index >= 15 is 0 Å². The SMILES string of the molecule is CC(C)(C)OC(=O)NCC1CCC(C(=O)Nc2ccc3[nH]ccc3c2)CC1. The van der Waals surface area contributed by atoms with Gasteiger partial charge >= 0.3 is 6.09 Å². The summed E-state index contributed by atoms with van der Waals surface area (Å²) in [5.41, 5.74) is 1.41. The van der Waals surface area contributed by atoms with Gasteiger partial charge in [-0.1, -0.05) is 0 Å². The Morgan fingerprint density at radius 2 is 1.89 bits per heavy atom. The molecule has 6 nitrogen and oxygen atoms in total. The Labute approximate surface area is 160 Å². The Balaban J connectivity index is 1.43. The third-order valence-corrected chi connectivity index (χ3v) is 4.97. The van der Waals surface area contributed by atoms with E-state index in [1.165, 1.54) is 0 Å². The monoisotopic (exact) mass is 371 g/mol. The Kier molecular flexibility index (Phi) is 5.73. The Bertz CT molecular complexity index is 798. The molecule has 1 heterocycles. The molecule has 1 aromatic heterocycles. The van der Waals surface area contributed by atoms with Crippen LogP contribution in [0.1, 0.15) is 46.5 Å². The summed E-state index contributed by atoms with van der Waals surface area (Å²) in [6, 6.07) is 7.88. The minimum Gasteiger partial charge on any atom is -0.444 e. The number of fused-ring (bicyclic) bond motifs is 1. The first-order chi connectivity index (χ1) is 12.8. The number of H-pyrrole nitrogens is 1. The number of nitrogens with one attached hydrogen (secondary N) is 3. The van der Waals surface area contributed by atoms with Gasteiger partial charge in [0.25, 0.3) is 0 Å². The highest BCUT2D eigenvalue weighted by atomic mass is 16.6. The van der Waals surface area contributed by atoms with E-state index in [4.69, 9.17) is 4.74 Å². The van der Waals surface area contributed by atoms with Gasteiger partial charge in [0.05, 0.1) is 0 Å². The lowest BCUT2D eigenvalue weighted by molar-refractivity contribution is -0.121. The van der Waals surface area contributed by atoms with Crippen molar-refractivity contribution in [2.75, 3.05) is 11.9 Å². The molecule has 1 fully saturated rings. The molecule has 146 valence electrons. The average Bonchev–Trinajstić information content (AvgIpc) is 3.06. The normalized spacial score (nSPS) is 20.3. The largest absolute Gasteiger partial charge is 0.444 e. The predicted molar refractivity (Wildman–Crippen MR) is 107 cm³/mol. The van der Waals surface area contributed by atoms with Crippen LogP contribution in [0.15, 0.2) is 30.5 Å². The molecule has 1 aromatic carbocycles. The number of ether oxygens (including phenoxy) is 1. The smallest absolute Gasteiger partial charge is 0.407 e. The quantitative estimate of drug-likeness (QED) is 0.743. The second-order valence-corrected chi connectivity index (χ2v) is 8.37. The van der Waals surface area contributed by atoms with Crippen LogP contribution >= 0.6 is 0 Å². The van der Waals surface area contributed by atoms with Crippen LogP contribution in [-0.4, -0.2) is 29.1 Å². The molecule has 1 aliphatic carbocycles. The third-order valence-electron chi connectivity index (χ3n) is 4.97. The van der Waals surface area contributed by atoms with Crippen molar-refractivity contribution < 1.29 is 14.3 Å². The molecule has 0 atom stereocenters.